The fraction of sp³-hybridized carbons (Fsp3) is 0.389. The first-order valence-corrected chi connectivity index (χ1v) is 7.99. The van der Waals surface area contributed by atoms with Gasteiger partial charge in [0.05, 0.1) is 6.20 Å². The van der Waals surface area contributed by atoms with Gasteiger partial charge in [-0.05, 0) is 26.3 Å². The minimum Gasteiger partial charge on any atom is -0.459 e. The van der Waals surface area contributed by atoms with Gasteiger partial charge >= 0.3 is 12.1 Å². The molecule has 0 atom stereocenters. The van der Waals surface area contributed by atoms with Crippen LogP contribution in [0.2, 0.25) is 0 Å². The van der Waals surface area contributed by atoms with Gasteiger partial charge in [0.1, 0.15) is 18.8 Å². The molecule has 0 bridgehead atoms. The van der Waals surface area contributed by atoms with Crippen molar-refractivity contribution >= 4 is 12.1 Å². The van der Waals surface area contributed by atoms with E-state index in [4.69, 9.17) is 9.47 Å². The average Bonchev–Trinajstić information content (AvgIpc) is 2.98. The van der Waals surface area contributed by atoms with Crippen molar-refractivity contribution in [3.8, 4) is 0 Å². The van der Waals surface area contributed by atoms with Crippen LogP contribution in [0.4, 0.5) is 4.79 Å². The topological polar surface area (TPSA) is 82.5 Å². The summed E-state index contributed by atoms with van der Waals surface area (Å²) in [6, 6.07) is 9.46. The summed E-state index contributed by atoms with van der Waals surface area (Å²) in [6.45, 7) is 5.91. The van der Waals surface area contributed by atoms with Gasteiger partial charge in [-0.1, -0.05) is 30.3 Å². The molecule has 0 radical (unpaired) electrons. The Labute approximate surface area is 146 Å². The van der Waals surface area contributed by atoms with E-state index in [9.17, 15) is 9.59 Å². The molecule has 0 saturated heterocycles. The molecule has 0 saturated carbocycles. The molecule has 0 unspecified atom stereocenters. The fourth-order valence-electron chi connectivity index (χ4n) is 1.99. The molecule has 1 amide bonds. The van der Waals surface area contributed by atoms with Crippen molar-refractivity contribution in [1.29, 1.82) is 0 Å². The van der Waals surface area contributed by atoms with E-state index in [1.54, 1.807) is 33.2 Å². The number of carbonyl (C=O) groups excluding carboxylic acids is 2. The van der Waals surface area contributed by atoms with Crippen LogP contribution in [-0.4, -0.2) is 27.4 Å². The predicted octanol–water partition coefficient (Wildman–Crippen LogP) is 2.65. The molecule has 1 N–H and O–H groups in total. The Kier molecular flexibility index (Phi) is 6.16. The van der Waals surface area contributed by atoms with Crippen molar-refractivity contribution in [2.24, 2.45) is 0 Å². The van der Waals surface area contributed by atoms with Crippen molar-refractivity contribution in [2.75, 3.05) is 0 Å². The van der Waals surface area contributed by atoms with Crippen LogP contribution in [-0.2, 0) is 34.0 Å². The van der Waals surface area contributed by atoms with Gasteiger partial charge in [0.25, 0.3) is 0 Å². The van der Waals surface area contributed by atoms with E-state index in [1.165, 1.54) is 4.68 Å². The molecule has 0 fully saturated rings. The van der Waals surface area contributed by atoms with E-state index < -0.39 is 11.7 Å². The Morgan fingerprint density at radius 3 is 2.56 bits per heavy atom. The SMILES string of the molecule is CC(C)(C)OC(=O)NCc1cnn(CC(=O)OCc2ccccc2)c1. The number of nitrogens with zero attached hydrogens (tertiary/aromatic N) is 2. The van der Waals surface area contributed by atoms with Crippen LogP contribution in [0.3, 0.4) is 0 Å². The quantitative estimate of drug-likeness (QED) is 0.814. The van der Waals surface area contributed by atoms with Crippen LogP contribution < -0.4 is 5.32 Å². The minimum absolute atomic E-state index is 0.0132. The van der Waals surface area contributed by atoms with Crippen molar-refractivity contribution in [2.45, 2.75) is 46.1 Å². The fourth-order valence-corrected chi connectivity index (χ4v) is 1.99. The van der Waals surface area contributed by atoms with Crippen LogP contribution in [0.15, 0.2) is 42.7 Å². The molecule has 7 nitrogen and oxygen atoms in total. The number of ether oxygens (including phenoxy) is 2. The Hall–Kier alpha value is -2.83. The smallest absolute Gasteiger partial charge is 0.407 e. The summed E-state index contributed by atoms with van der Waals surface area (Å²) in [5.41, 5.74) is 1.15. The van der Waals surface area contributed by atoms with Crippen molar-refractivity contribution in [3.63, 3.8) is 0 Å². The number of amides is 1. The standard InChI is InChI=1S/C18H23N3O4/c1-18(2,3)25-17(23)19-9-15-10-20-21(11-15)12-16(22)24-13-14-7-5-4-6-8-14/h4-8,10-11H,9,12-13H2,1-3H3,(H,19,23). The first-order chi connectivity index (χ1) is 11.8. The Bertz CT molecular complexity index is 705. The highest BCUT2D eigenvalue weighted by molar-refractivity contribution is 5.69. The van der Waals surface area contributed by atoms with Gasteiger partial charge < -0.3 is 14.8 Å². The highest BCUT2D eigenvalue weighted by Crippen LogP contribution is 2.07. The number of hydrogen-bond acceptors (Lipinski definition) is 5. The molecular weight excluding hydrogens is 322 g/mol. The number of carbonyl (C=O) groups is 2. The van der Waals surface area contributed by atoms with Crippen LogP contribution >= 0.6 is 0 Å². The zero-order valence-corrected chi connectivity index (χ0v) is 14.7. The van der Waals surface area contributed by atoms with E-state index in [1.807, 2.05) is 30.3 Å². The van der Waals surface area contributed by atoms with Gasteiger partial charge in [0.2, 0.25) is 0 Å². The monoisotopic (exact) mass is 345 g/mol. The lowest BCUT2D eigenvalue weighted by molar-refractivity contribution is -0.145. The van der Waals surface area contributed by atoms with Gasteiger partial charge in [0, 0.05) is 18.3 Å². The van der Waals surface area contributed by atoms with Gasteiger partial charge in [-0.3, -0.25) is 9.48 Å². The van der Waals surface area contributed by atoms with Gasteiger partial charge in [-0.25, -0.2) is 4.79 Å². The van der Waals surface area contributed by atoms with Gasteiger partial charge in [-0.15, -0.1) is 0 Å². The number of benzene rings is 1. The number of rotatable bonds is 6. The van der Waals surface area contributed by atoms with Crippen LogP contribution in [0.1, 0.15) is 31.9 Å². The Morgan fingerprint density at radius 1 is 1.16 bits per heavy atom. The third-order valence-corrected chi connectivity index (χ3v) is 3.06. The molecule has 134 valence electrons. The number of alkyl carbamates (subject to hydrolysis) is 1. The normalized spacial score (nSPS) is 11.0. The van der Waals surface area contributed by atoms with Gasteiger partial charge in [0.15, 0.2) is 0 Å². The summed E-state index contributed by atoms with van der Waals surface area (Å²) in [6.07, 6.45) is 2.77. The second-order valence-corrected chi connectivity index (χ2v) is 6.55. The molecule has 0 spiro atoms. The van der Waals surface area contributed by atoms with E-state index in [0.717, 1.165) is 11.1 Å². The maximum Gasteiger partial charge on any atom is 0.407 e. The average molecular weight is 345 g/mol. The molecule has 1 aromatic heterocycles. The van der Waals surface area contributed by atoms with E-state index in [0.29, 0.717) is 0 Å². The second-order valence-electron chi connectivity index (χ2n) is 6.55. The molecular formula is C18H23N3O4. The summed E-state index contributed by atoms with van der Waals surface area (Å²) < 4.78 is 11.8. The number of hydrogen-bond donors (Lipinski definition) is 1. The largest absolute Gasteiger partial charge is 0.459 e. The molecule has 2 rings (SSSR count). The zero-order valence-electron chi connectivity index (χ0n) is 14.7. The molecule has 7 heteroatoms. The number of aromatic nitrogens is 2. The second kappa shape index (κ2) is 8.32. The minimum atomic E-state index is -0.545. The molecule has 0 aliphatic heterocycles. The molecule has 2 aromatic rings. The Balaban J connectivity index is 1.75. The maximum atomic E-state index is 11.8. The molecule has 1 aromatic carbocycles. The Morgan fingerprint density at radius 2 is 1.88 bits per heavy atom. The van der Waals surface area contributed by atoms with Gasteiger partial charge in [-0.2, -0.15) is 5.10 Å². The molecule has 25 heavy (non-hydrogen) atoms. The highest BCUT2D eigenvalue weighted by Gasteiger charge is 2.16. The van der Waals surface area contributed by atoms with Crippen LogP contribution in [0.5, 0.6) is 0 Å². The highest BCUT2D eigenvalue weighted by atomic mass is 16.6. The third kappa shape index (κ3) is 7.07. The lowest BCUT2D eigenvalue weighted by Crippen LogP contribution is -2.32. The lowest BCUT2D eigenvalue weighted by Gasteiger charge is -2.19. The van der Waals surface area contributed by atoms with Crippen molar-refractivity contribution < 1.29 is 19.1 Å². The maximum absolute atomic E-state index is 11.8. The summed E-state index contributed by atoms with van der Waals surface area (Å²) in [5.74, 6) is -0.376. The molecule has 1 heterocycles. The van der Waals surface area contributed by atoms with Crippen molar-refractivity contribution in [3.05, 3.63) is 53.9 Å². The summed E-state index contributed by atoms with van der Waals surface area (Å²) in [7, 11) is 0. The number of esters is 1. The van der Waals surface area contributed by atoms with Crippen LogP contribution in [0.25, 0.3) is 0 Å². The first kappa shape index (κ1) is 18.5. The summed E-state index contributed by atoms with van der Waals surface area (Å²) in [4.78, 5) is 23.4. The molecule has 0 aliphatic rings. The summed E-state index contributed by atoms with van der Waals surface area (Å²) >= 11 is 0. The molecule has 0 aliphatic carbocycles. The summed E-state index contributed by atoms with van der Waals surface area (Å²) in [5, 5.41) is 6.73. The zero-order chi connectivity index (χ0) is 18.3. The van der Waals surface area contributed by atoms with Crippen molar-refractivity contribution in [1.82, 2.24) is 15.1 Å². The van der Waals surface area contributed by atoms with E-state index >= 15 is 0 Å². The predicted molar refractivity (Wildman–Crippen MR) is 91.5 cm³/mol. The van der Waals surface area contributed by atoms with E-state index in [2.05, 4.69) is 10.4 Å². The first-order valence-electron chi connectivity index (χ1n) is 7.99. The lowest BCUT2D eigenvalue weighted by atomic mass is 10.2. The third-order valence-electron chi connectivity index (χ3n) is 3.06. The number of nitrogens with one attached hydrogen (secondary N) is 1. The van der Waals surface area contributed by atoms with E-state index in [-0.39, 0.29) is 25.7 Å². The van der Waals surface area contributed by atoms with Crippen LogP contribution in [0, 0.1) is 0 Å².